The summed E-state index contributed by atoms with van der Waals surface area (Å²) in [6, 6.07) is 12.3. The molecule has 0 bridgehead atoms. The number of benzene rings is 3. The van der Waals surface area contributed by atoms with E-state index in [-0.39, 0.29) is 5.75 Å². The van der Waals surface area contributed by atoms with Crippen LogP contribution < -0.4 is 14.2 Å². The van der Waals surface area contributed by atoms with Crippen LogP contribution in [0.1, 0.15) is 11.1 Å². The summed E-state index contributed by atoms with van der Waals surface area (Å²) in [5, 5.41) is 11.8. The molecule has 1 aliphatic carbocycles. The number of aromatic hydroxyl groups is 1. The third-order valence-electron chi connectivity index (χ3n) is 4.75. The molecule has 0 spiro atoms. The molecule has 3 aromatic carbocycles. The minimum absolute atomic E-state index is 0.00556. The largest absolute Gasteiger partial charge is 0.504 e. The van der Waals surface area contributed by atoms with Crippen LogP contribution in [-0.2, 0) is 0 Å². The monoisotopic (exact) mass is 429 g/mol. The fourth-order valence-electron chi connectivity index (χ4n) is 3.48. The average molecular weight is 430 g/mol. The summed E-state index contributed by atoms with van der Waals surface area (Å²) in [7, 11) is 4.65. The molecule has 3 aromatic rings. The molecule has 0 fully saturated rings. The first-order valence-electron chi connectivity index (χ1n) is 8.68. The second kappa shape index (κ2) is 7.50. The molecule has 1 aliphatic rings. The van der Waals surface area contributed by atoms with Crippen molar-refractivity contribution in [2.45, 2.75) is 0 Å². The first-order chi connectivity index (χ1) is 14.0. The molecule has 0 amide bonds. The smallest absolute Gasteiger partial charge is 0.167 e. The Kier molecular flexibility index (Phi) is 5.03. The van der Waals surface area contributed by atoms with Gasteiger partial charge in [-0.1, -0.05) is 23.2 Å². The van der Waals surface area contributed by atoms with Crippen molar-refractivity contribution in [2.24, 2.45) is 4.99 Å². The highest BCUT2D eigenvalue weighted by molar-refractivity contribution is 6.35. The summed E-state index contributed by atoms with van der Waals surface area (Å²) in [4.78, 5) is 4.77. The van der Waals surface area contributed by atoms with Crippen molar-refractivity contribution in [1.82, 2.24) is 0 Å². The molecule has 0 aromatic heterocycles. The zero-order chi connectivity index (χ0) is 20.7. The molecule has 0 atom stereocenters. The van der Waals surface area contributed by atoms with E-state index in [9.17, 15) is 5.11 Å². The Labute approximate surface area is 178 Å². The molecule has 5 nitrogen and oxygen atoms in total. The molecule has 148 valence electrons. The van der Waals surface area contributed by atoms with Crippen LogP contribution in [0.5, 0.6) is 23.0 Å². The molecule has 0 aliphatic heterocycles. The second-order valence-electron chi connectivity index (χ2n) is 6.38. The molecular formula is C22H17Cl2NO4. The van der Waals surface area contributed by atoms with E-state index in [1.54, 1.807) is 38.5 Å². The van der Waals surface area contributed by atoms with Gasteiger partial charge in [0, 0.05) is 15.6 Å². The van der Waals surface area contributed by atoms with E-state index in [0.717, 1.165) is 16.7 Å². The normalized spacial score (nSPS) is 13.2. The van der Waals surface area contributed by atoms with Crippen LogP contribution in [0.4, 0.5) is 5.69 Å². The molecule has 0 radical (unpaired) electrons. The van der Waals surface area contributed by atoms with Crippen molar-refractivity contribution < 1.29 is 19.3 Å². The standard InChI is InChI=1S/C22H17Cl2NO4/c1-27-17-5-4-14-15-9-18(28-2)19(29-3)10-16(15)21(20(14)22(17)26)25-13-7-11(23)6-12(24)8-13/h4-10,26H,1-3H3. The maximum atomic E-state index is 10.9. The number of phenols is 1. The van der Waals surface area contributed by atoms with E-state index in [0.29, 0.717) is 44.3 Å². The third-order valence-corrected chi connectivity index (χ3v) is 5.19. The molecule has 0 saturated heterocycles. The van der Waals surface area contributed by atoms with Gasteiger partial charge in [0.05, 0.1) is 38.3 Å². The van der Waals surface area contributed by atoms with E-state index in [4.69, 9.17) is 42.4 Å². The van der Waals surface area contributed by atoms with Gasteiger partial charge in [-0.05, 0) is 53.6 Å². The summed E-state index contributed by atoms with van der Waals surface area (Å²) in [6.07, 6.45) is 0. The van der Waals surface area contributed by atoms with Crippen molar-refractivity contribution in [1.29, 1.82) is 0 Å². The van der Waals surface area contributed by atoms with Crippen LogP contribution in [-0.4, -0.2) is 32.1 Å². The van der Waals surface area contributed by atoms with E-state index < -0.39 is 0 Å². The lowest BCUT2D eigenvalue weighted by Gasteiger charge is -2.10. The van der Waals surface area contributed by atoms with Crippen LogP contribution in [0.25, 0.3) is 11.1 Å². The van der Waals surface area contributed by atoms with Gasteiger partial charge >= 0.3 is 0 Å². The first-order valence-corrected chi connectivity index (χ1v) is 9.44. The molecule has 4 rings (SSSR count). The molecule has 0 saturated carbocycles. The second-order valence-corrected chi connectivity index (χ2v) is 7.25. The zero-order valence-electron chi connectivity index (χ0n) is 15.9. The quantitative estimate of drug-likeness (QED) is 0.440. The number of methoxy groups -OCH3 is 3. The van der Waals surface area contributed by atoms with E-state index >= 15 is 0 Å². The number of fused-ring (bicyclic) bond motifs is 3. The summed E-state index contributed by atoms with van der Waals surface area (Å²) >= 11 is 12.3. The lowest BCUT2D eigenvalue weighted by molar-refractivity contribution is 0.355. The van der Waals surface area contributed by atoms with Crippen LogP contribution in [0, 0.1) is 0 Å². The Morgan fingerprint density at radius 2 is 1.31 bits per heavy atom. The van der Waals surface area contributed by atoms with Gasteiger partial charge < -0.3 is 19.3 Å². The predicted molar refractivity (Wildman–Crippen MR) is 115 cm³/mol. The highest BCUT2D eigenvalue weighted by Crippen LogP contribution is 2.48. The van der Waals surface area contributed by atoms with Crippen molar-refractivity contribution in [3.8, 4) is 34.1 Å². The van der Waals surface area contributed by atoms with Crippen molar-refractivity contribution >= 4 is 34.6 Å². The molecule has 0 heterocycles. The Morgan fingerprint density at radius 1 is 0.724 bits per heavy atom. The lowest BCUT2D eigenvalue weighted by Crippen LogP contribution is -2.00. The van der Waals surface area contributed by atoms with E-state index in [1.807, 2.05) is 18.2 Å². The highest BCUT2D eigenvalue weighted by atomic mass is 35.5. The molecular weight excluding hydrogens is 413 g/mol. The van der Waals surface area contributed by atoms with E-state index in [2.05, 4.69) is 0 Å². The fraction of sp³-hybridized carbons (Fsp3) is 0.136. The average Bonchev–Trinajstić information content (AvgIpc) is 3.00. The SMILES string of the molecule is COc1cc2c(cc1OC)-c1ccc(OC)c(O)c1C2=Nc1cc(Cl)cc(Cl)c1. The summed E-state index contributed by atoms with van der Waals surface area (Å²) in [6.45, 7) is 0. The first kappa shape index (κ1) is 19.4. The van der Waals surface area contributed by atoms with Gasteiger partial charge in [-0.15, -0.1) is 0 Å². The van der Waals surface area contributed by atoms with Crippen LogP contribution in [0.2, 0.25) is 10.0 Å². The van der Waals surface area contributed by atoms with Crippen LogP contribution in [0.3, 0.4) is 0 Å². The summed E-state index contributed by atoms with van der Waals surface area (Å²) in [5.74, 6) is 1.50. The minimum Gasteiger partial charge on any atom is -0.504 e. The van der Waals surface area contributed by atoms with Gasteiger partial charge in [-0.25, -0.2) is 4.99 Å². The Bertz CT molecular complexity index is 1140. The maximum Gasteiger partial charge on any atom is 0.167 e. The maximum absolute atomic E-state index is 10.9. The van der Waals surface area contributed by atoms with E-state index in [1.165, 1.54) is 7.11 Å². The minimum atomic E-state index is 0.00556. The molecule has 0 unspecified atom stereocenters. The molecule has 29 heavy (non-hydrogen) atoms. The number of phenolic OH excluding ortho intramolecular Hbond substituents is 1. The Morgan fingerprint density at radius 3 is 1.90 bits per heavy atom. The zero-order valence-corrected chi connectivity index (χ0v) is 17.4. The number of hydrogen-bond donors (Lipinski definition) is 1. The van der Waals surface area contributed by atoms with Gasteiger partial charge in [-0.3, -0.25) is 0 Å². The van der Waals surface area contributed by atoms with Crippen molar-refractivity contribution in [3.63, 3.8) is 0 Å². The van der Waals surface area contributed by atoms with Gasteiger partial charge in [0.25, 0.3) is 0 Å². The number of rotatable bonds is 4. The van der Waals surface area contributed by atoms with Crippen LogP contribution >= 0.6 is 23.2 Å². The number of aliphatic imine (C=N–C) groups is 1. The van der Waals surface area contributed by atoms with Crippen molar-refractivity contribution in [3.05, 3.63) is 63.6 Å². The topological polar surface area (TPSA) is 60.3 Å². The van der Waals surface area contributed by atoms with Gasteiger partial charge in [0.15, 0.2) is 23.0 Å². The highest BCUT2D eigenvalue weighted by Gasteiger charge is 2.31. The van der Waals surface area contributed by atoms with Gasteiger partial charge in [0.2, 0.25) is 0 Å². The fourth-order valence-corrected chi connectivity index (χ4v) is 4.00. The van der Waals surface area contributed by atoms with Gasteiger partial charge in [0.1, 0.15) is 0 Å². The molecule has 1 N–H and O–H groups in total. The Hall–Kier alpha value is -2.89. The number of hydrogen-bond acceptors (Lipinski definition) is 5. The predicted octanol–water partition coefficient (Wildman–Crippen LogP) is 5.87. The summed E-state index contributed by atoms with van der Waals surface area (Å²) in [5.41, 5.74) is 4.15. The Balaban J connectivity index is 2.04. The van der Waals surface area contributed by atoms with Crippen molar-refractivity contribution in [2.75, 3.05) is 21.3 Å². The summed E-state index contributed by atoms with van der Waals surface area (Å²) < 4.78 is 16.2. The number of halogens is 2. The molecule has 7 heteroatoms. The third kappa shape index (κ3) is 3.26. The number of ether oxygens (including phenoxy) is 3. The van der Waals surface area contributed by atoms with Crippen LogP contribution in [0.15, 0.2) is 47.5 Å². The number of nitrogens with zero attached hydrogens (tertiary/aromatic N) is 1. The lowest BCUT2D eigenvalue weighted by atomic mass is 10.0. The van der Waals surface area contributed by atoms with Gasteiger partial charge in [-0.2, -0.15) is 0 Å².